The number of aryl methyl sites for hydroxylation is 1. The molecule has 2 N–H and O–H groups in total. The number of imidazole rings is 1. The van der Waals surface area contributed by atoms with Crippen LogP contribution in [0, 0.1) is 12.7 Å². The Morgan fingerprint density at radius 1 is 1.30 bits per heavy atom. The van der Waals surface area contributed by atoms with Crippen molar-refractivity contribution in [3.8, 4) is 0 Å². The van der Waals surface area contributed by atoms with Gasteiger partial charge in [-0.2, -0.15) is 0 Å². The van der Waals surface area contributed by atoms with Crippen LogP contribution in [0.3, 0.4) is 0 Å². The zero-order valence-corrected chi connectivity index (χ0v) is 15.1. The van der Waals surface area contributed by atoms with Crippen LogP contribution in [-0.2, 0) is 0 Å². The van der Waals surface area contributed by atoms with Gasteiger partial charge in [0.05, 0.1) is 29.5 Å². The third kappa shape index (κ3) is 3.45. The number of nitrogens with one attached hydrogen (secondary N) is 2. The number of hydrogen-bond acceptors (Lipinski definition) is 6. The Kier molecular flexibility index (Phi) is 4.44. The van der Waals surface area contributed by atoms with Crippen molar-refractivity contribution in [2.45, 2.75) is 19.4 Å². The summed E-state index contributed by atoms with van der Waals surface area (Å²) in [4.78, 5) is 27.0. The fraction of sp³-hybridized carbons (Fsp3) is 0.333. The average molecular weight is 369 g/mol. The molecule has 9 heteroatoms. The van der Waals surface area contributed by atoms with Gasteiger partial charge in [-0.25, -0.2) is 19.3 Å². The zero-order chi connectivity index (χ0) is 19.0. The predicted octanol–water partition coefficient (Wildman–Crippen LogP) is 1.62. The molecular formula is C18H20FN7O. The summed E-state index contributed by atoms with van der Waals surface area (Å²) in [7, 11) is 1.95. The van der Waals surface area contributed by atoms with Gasteiger partial charge in [0.2, 0.25) is 5.82 Å². The highest BCUT2D eigenvalue weighted by atomic mass is 19.1. The molecule has 1 fully saturated rings. The molecule has 3 aromatic heterocycles. The van der Waals surface area contributed by atoms with E-state index in [-0.39, 0.29) is 11.5 Å². The molecule has 1 aliphatic heterocycles. The molecule has 140 valence electrons. The molecule has 4 rings (SSSR count). The van der Waals surface area contributed by atoms with Gasteiger partial charge in [-0.15, -0.1) is 0 Å². The third-order valence-electron chi connectivity index (χ3n) is 4.69. The van der Waals surface area contributed by atoms with E-state index < -0.39 is 11.7 Å². The summed E-state index contributed by atoms with van der Waals surface area (Å²) in [6, 6.07) is 1.68. The van der Waals surface area contributed by atoms with Gasteiger partial charge < -0.3 is 19.9 Å². The van der Waals surface area contributed by atoms with Gasteiger partial charge in [0, 0.05) is 37.6 Å². The van der Waals surface area contributed by atoms with Crippen LogP contribution in [0.2, 0.25) is 0 Å². The Morgan fingerprint density at radius 2 is 2.07 bits per heavy atom. The molecule has 27 heavy (non-hydrogen) atoms. The first kappa shape index (κ1) is 17.3. The van der Waals surface area contributed by atoms with Crippen LogP contribution in [-0.4, -0.2) is 51.4 Å². The number of pyridine rings is 1. The molecule has 1 aliphatic rings. The Hall–Kier alpha value is -3.07. The first-order valence-electron chi connectivity index (χ1n) is 8.74. The van der Waals surface area contributed by atoms with Gasteiger partial charge >= 0.3 is 0 Å². The minimum absolute atomic E-state index is 0.0328. The molecule has 0 aromatic carbocycles. The van der Waals surface area contributed by atoms with Crippen molar-refractivity contribution in [3.63, 3.8) is 0 Å². The van der Waals surface area contributed by atoms with Crippen molar-refractivity contribution in [1.82, 2.24) is 24.7 Å². The molecule has 0 spiro atoms. The van der Waals surface area contributed by atoms with E-state index in [4.69, 9.17) is 0 Å². The fourth-order valence-corrected chi connectivity index (χ4v) is 3.27. The number of carbonyl (C=O) groups excluding carboxylic acids is 1. The maximum atomic E-state index is 14.1. The largest absolute Gasteiger partial charge is 0.367 e. The molecule has 1 amide bonds. The van der Waals surface area contributed by atoms with Gasteiger partial charge in [-0.1, -0.05) is 0 Å². The summed E-state index contributed by atoms with van der Waals surface area (Å²) in [6.07, 6.45) is 7.63. The summed E-state index contributed by atoms with van der Waals surface area (Å²) in [5.41, 5.74) is 2.10. The smallest absolute Gasteiger partial charge is 0.293 e. The van der Waals surface area contributed by atoms with Crippen molar-refractivity contribution < 1.29 is 9.18 Å². The molecule has 0 bridgehead atoms. The van der Waals surface area contributed by atoms with Crippen molar-refractivity contribution in [3.05, 3.63) is 48.2 Å². The summed E-state index contributed by atoms with van der Waals surface area (Å²) in [5.74, 6) is -0.970. The second kappa shape index (κ2) is 6.92. The lowest BCUT2D eigenvalue weighted by Crippen LogP contribution is -2.29. The minimum atomic E-state index is -0.509. The quantitative estimate of drug-likeness (QED) is 0.727. The van der Waals surface area contributed by atoms with Crippen molar-refractivity contribution >= 4 is 22.9 Å². The number of nitrogens with zero attached hydrogens (tertiary/aromatic N) is 5. The van der Waals surface area contributed by atoms with E-state index in [0.717, 1.165) is 25.2 Å². The van der Waals surface area contributed by atoms with Crippen LogP contribution >= 0.6 is 0 Å². The number of aromatic nitrogens is 4. The second-order valence-electron chi connectivity index (χ2n) is 6.63. The molecule has 3 aromatic rings. The fourth-order valence-electron chi connectivity index (χ4n) is 3.27. The van der Waals surface area contributed by atoms with Gasteiger partial charge in [-0.05, 0) is 20.4 Å². The maximum Gasteiger partial charge on any atom is 0.293 e. The van der Waals surface area contributed by atoms with Crippen LogP contribution in [0.25, 0.3) is 5.65 Å². The predicted molar refractivity (Wildman–Crippen MR) is 99.5 cm³/mol. The van der Waals surface area contributed by atoms with E-state index >= 15 is 0 Å². The zero-order valence-electron chi connectivity index (χ0n) is 15.1. The Labute approximate surface area is 155 Å². The number of halogens is 1. The standard InChI is InChI=1S/C18H20FN7O/c1-11-8-26-10-13(5-15(19)17(26)23-11)24-18(27)16-21-6-14(7-22-16)25-4-3-12(9-25)20-2/h5-8,10,12,20H,3-4,9H2,1-2H3,(H,24,27)/t12-/m1/s1. The Bertz CT molecular complexity index is 985. The lowest BCUT2D eigenvalue weighted by molar-refractivity contribution is 0.101. The number of anilines is 2. The summed E-state index contributed by atoms with van der Waals surface area (Å²) >= 11 is 0. The summed E-state index contributed by atoms with van der Waals surface area (Å²) in [5, 5.41) is 5.89. The third-order valence-corrected chi connectivity index (χ3v) is 4.69. The highest BCUT2D eigenvalue weighted by Crippen LogP contribution is 2.19. The van der Waals surface area contributed by atoms with Crippen LogP contribution in [0.15, 0.2) is 30.9 Å². The minimum Gasteiger partial charge on any atom is -0.367 e. The van der Waals surface area contributed by atoms with Gasteiger partial charge in [0.15, 0.2) is 11.5 Å². The second-order valence-corrected chi connectivity index (χ2v) is 6.63. The topological polar surface area (TPSA) is 87.5 Å². The molecular weight excluding hydrogens is 349 g/mol. The lowest BCUT2D eigenvalue weighted by Gasteiger charge is -2.17. The number of carbonyl (C=O) groups is 1. The van der Waals surface area contributed by atoms with E-state index in [2.05, 4.69) is 30.5 Å². The first-order chi connectivity index (χ1) is 13.0. The van der Waals surface area contributed by atoms with Crippen LogP contribution < -0.4 is 15.5 Å². The van der Waals surface area contributed by atoms with E-state index in [1.807, 2.05) is 7.05 Å². The molecule has 0 saturated carbocycles. The lowest BCUT2D eigenvalue weighted by atomic mass is 10.3. The SMILES string of the molecule is CN[C@@H]1CCN(c2cnc(C(=O)Nc3cc(F)c4nc(C)cn4c3)nc2)C1. The normalized spacial score (nSPS) is 16.9. The van der Waals surface area contributed by atoms with E-state index in [1.54, 1.807) is 31.7 Å². The molecule has 8 nitrogen and oxygen atoms in total. The van der Waals surface area contributed by atoms with Gasteiger partial charge in [0.1, 0.15) is 0 Å². The summed E-state index contributed by atoms with van der Waals surface area (Å²) in [6.45, 7) is 3.58. The molecule has 1 saturated heterocycles. The van der Waals surface area contributed by atoms with Crippen molar-refractivity contribution in [2.24, 2.45) is 0 Å². The molecule has 0 unspecified atom stereocenters. The first-order valence-corrected chi connectivity index (χ1v) is 8.74. The Morgan fingerprint density at radius 3 is 2.78 bits per heavy atom. The highest BCUT2D eigenvalue weighted by molar-refractivity contribution is 6.01. The molecule has 1 atom stereocenters. The van der Waals surface area contributed by atoms with Crippen LogP contribution in [0.4, 0.5) is 15.8 Å². The maximum absolute atomic E-state index is 14.1. The van der Waals surface area contributed by atoms with E-state index in [9.17, 15) is 9.18 Å². The molecule has 0 aliphatic carbocycles. The number of rotatable bonds is 4. The van der Waals surface area contributed by atoms with E-state index in [1.165, 1.54) is 10.5 Å². The van der Waals surface area contributed by atoms with Crippen molar-refractivity contribution in [1.29, 1.82) is 0 Å². The number of amides is 1. The monoisotopic (exact) mass is 369 g/mol. The molecule has 0 radical (unpaired) electrons. The number of fused-ring (bicyclic) bond motifs is 1. The Balaban J connectivity index is 1.48. The van der Waals surface area contributed by atoms with E-state index in [0.29, 0.717) is 17.4 Å². The molecule has 4 heterocycles. The van der Waals surface area contributed by atoms with Crippen molar-refractivity contribution in [2.75, 3.05) is 30.4 Å². The summed E-state index contributed by atoms with van der Waals surface area (Å²) < 4.78 is 15.7. The van der Waals surface area contributed by atoms with Crippen LogP contribution in [0.5, 0.6) is 0 Å². The number of hydrogen-bond donors (Lipinski definition) is 2. The highest BCUT2D eigenvalue weighted by Gasteiger charge is 2.22. The average Bonchev–Trinajstić information content (AvgIpc) is 3.28. The van der Waals surface area contributed by atoms with Crippen LogP contribution in [0.1, 0.15) is 22.7 Å². The van der Waals surface area contributed by atoms with Gasteiger partial charge in [0.25, 0.3) is 5.91 Å². The number of likely N-dealkylation sites (N-methyl/N-ethyl adjacent to an activating group) is 1. The van der Waals surface area contributed by atoms with Gasteiger partial charge in [-0.3, -0.25) is 4.79 Å².